The molecule has 1 atom stereocenters. The van der Waals surface area contributed by atoms with Gasteiger partial charge in [-0.3, -0.25) is 9.59 Å². The first-order valence-corrected chi connectivity index (χ1v) is 8.46. The highest BCUT2D eigenvalue weighted by atomic mass is 32.1. The number of carbonyl (C=O) groups excluding carboxylic acids is 2. The van der Waals surface area contributed by atoms with Crippen molar-refractivity contribution in [2.75, 3.05) is 13.1 Å². The molecule has 0 aromatic carbocycles. The van der Waals surface area contributed by atoms with Gasteiger partial charge in [-0.15, -0.1) is 11.3 Å². The van der Waals surface area contributed by atoms with Gasteiger partial charge in [0.05, 0.1) is 6.04 Å². The SMILES string of the molecule is CC(=O)N1CCC(C(=O)N[C@H](c2cccs2)C(C)C)CC1. The van der Waals surface area contributed by atoms with Crippen LogP contribution in [-0.2, 0) is 9.59 Å². The molecule has 0 radical (unpaired) electrons. The van der Waals surface area contributed by atoms with Crippen LogP contribution in [0.2, 0.25) is 0 Å². The maximum absolute atomic E-state index is 12.5. The lowest BCUT2D eigenvalue weighted by molar-refractivity contribution is -0.134. The fraction of sp³-hybridized carbons (Fsp3) is 0.625. The average molecular weight is 308 g/mol. The normalized spacial score (nSPS) is 17.8. The van der Waals surface area contributed by atoms with Crippen LogP contribution in [0.4, 0.5) is 0 Å². The number of thiophene rings is 1. The summed E-state index contributed by atoms with van der Waals surface area (Å²) in [5.74, 6) is 0.629. The van der Waals surface area contributed by atoms with Crippen LogP contribution in [0, 0.1) is 11.8 Å². The van der Waals surface area contributed by atoms with Crippen LogP contribution in [0.25, 0.3) is 0 Å². The Bertz CT molecular complexity index is 476. The van der Waals surface area contributed by atoms with E-state index in [4.69, 9.17) is 0 Å². The van der Waals surface area contributed by atoms with Crippen LogP contribution in [-0.4, -0.2) is 29.8 Å². The molecule has 0 unspecified atom stereocenters. The maximum atomic E-state index is 12.5. The van der Waals surface area contributed by atoms with Crippen LogP contribution in [0.1, 0.15) is 44.5 Å². The second kappa shape index (κ2) is 7.07. The number of piperidine rings is 1. The summed E-state index contributed by atoms with van der Waals surface area (Å²) in [6, 6.07) is 4.18. The summed E-state index contributed by atoms with van der Waals surface area (Å²) in [5, 5.41) is 5.24. The minimum absolute atomic E-state index is 0.0295. The standard InChI is InChI=1S/C16H24N2O2S/c1-11(2)15(14-5-4-10-21-14)17-16(20)13-6-8-18(9-7-13)12(3)19/h4-5,10-11,13,15H,6-9H2,1-3H3,(H,17,20)/t15-/m0/s1. The van der Waals surface area contributed by atoms with E-state index in [1.165, 1.54) is 4.88 Å². The van der Waals surface area contributed by atoms with E-state index in [-0.39, 0.29) is 23.8 Å². The number of nitrogens with zero attached hydrogens (tertiary/aromatic N) is 1. The molecule has 0 spiro atoms. The van der Waals surface area contributed by atoms with Crippen LogP contribution < -0.4 is 5.32 Å². The Hall–Kier alpha value is -1.36. The Kier molecular flexibility index (Phi) is 5.39. The summed E-state index contributed by atoms with van der Waals surface area (Å²) in [5.41, 5.74) is 0. The van der Waals surface area contributed by atoms with Gasteiger partial charge in [0, 0.05) is 30.8 Å². The Morgan fingerprint density at radius 3 is 2.48 bits per heavy atom. The molecule has 21 heavy (non-hydrogen) atoms. The van der Waals surface area contributed by atoms with Crippen molar-refractivity contribution in [1.82, 2.24) is 10.2 Å². The molecule has 0 aliphatic carbocycles. The van der Waals surface area contributed by atoms with Crippen molar-refractivity contribution >= 4 is 23.2 Å². The summed E-state index contributed by atoms with van der Waals surface area (Å²) in [7, 11) is 0. The third-order valence-electron chi connectivity index (χ3n) is 4.13. The number of nitrogens with one attached hydrogen (secondary N) is 1. The molecule has 2 heterocycles. The zero-order valence-electron chi connectivity index (χ0n) is 13.0. The molecule has 2 rings (SSSR count). The van der Waals surface area contributed by atoms with Gasteiger partial charge in [0.15, 0.2) is 0 Å². The molecule has 1 aliphatic heterocycles. The van der Waals surface area contributed by atoms with E-state index in [9.17, 15) is 9.59 Å². The second-order valence-corrected chi connectivity index (χ2v) is 7.01. The number of likely N-dealkylation sites (tertiary alicyclic amines) is 1. The summed E-state index contributed by atoms with van der Waals surface area (Å²) in [4.78, 5) is 26.8. The quantitative estimate of drug-likeness (QED) is 0.930. The maximum Gasteiger partial charge on any atom is 0.223 e. The number of carbonyl (C=O) groups is 2. The first-order valence-electron chi connectivity index (χ1n) is 7.58. The summed E-state index contributed by atoms with van der Waals surface area (Å²) < 4.78 is 0. The van der Waals surface area contributed by atoms with Gasteiger partial charge in [-0.2, -0.15) is 0 Å². The molecular weight excluding hydrogens is 284 g/mol. The van der Waals surface area contributed by atoms with Crippen molar-refractivity contribution in [3.63, 3.8) is 0 Å². The smallest absolute Gasteiger partial charge is 0.223 e. The van der Waals surface area contributed by atoms with Gasteiger partial charge in [0.1, 0.15) is 0 Å². The molecule has 116 valence electrons. The van der Waals surface area contributed by atoms with Crippen molar-refractivity contribution in [3.05, 3.63) is 22.4 Å². The molecule has 2 amide bonds. The van der Waals surface area contributed by atoms with E-state index in [0.717, 1.165) is 12.8 Å². The van der Waals surface area contributed by atoms with Gasteiger partial charge in [0.25, 0.3) is 0 Å². The molecule has 1 aromatic rings. The lowest BCUT2D eigenvalue weighted by atomic mass is 9.94. The van der Waals surface area contributed by atoms with Crippen molar-refractivity contribution in [1.29, 1.82) is 0 Å². The zero-order chi connectivity index (χ0) is 15.4. The van der Waals surface area contributed by atoms with Crippen molar-refractivity contribution in [2.45, 2.75) is 39.7 Å². The molecule has 1 N–H and O–H groups in total. The molecular formula is C16H24N2O2S. The second-order valence-electron chi connectivity index (χ2n) is 6.03. The van der Waals surface area contributed by atoms with E-state index in [1.54, 1.807) is 18.3 Å². The minimum Gasteiger partial charge on any atom is -0.348 e. The topological polar surface area (TPSA) is 49.4 Å². The lowest BCUT2D eigenvalue weighted by Crippen LogP contribution is -2.43. The van der Waals surface area contributed by atoms with E-state index >= 15 is 0 Å². The fourth-order valence-corrected chi connectivity index (χ4v) is 3.71. The average Bonchev–Trinajstić information content (AvgIpc) is 2.98. The van der Waals surface area contributed by atoms with Crippen LogP contribution in [0.3, 0.4) is 0 Å². The van der Waals surface area contributed by atoms with Crippen molar-refractivity contribution < 1.29 is 9.59 Å². The van der Waals surface area contributed by atoms with Gasteiger partial charge in [-0.25, -0.2) is 0 Å². The predicted molar refractivity (Wildman–Crippen MR) is 85.0 cm³/mol. The summed E-state index contributed by atoms with van der Waals surface area (Å²) >= 11 is 1.68. The van der Waals surface area contributed by atoms with Crippen molar-refractivity contribution in [2.24, 2.45) is 11.8 Å². The largest absolute Gasteiger partial charge is 0.348 e. The molecule has 1 saturated heterocycles. The Balaban J connectivity index is 1.93. The van der Waals surface area contributed by atoms with Crippen LogP contribution in [0.15, 0.2) is 17.5 Å². The highest BCUT2D eigenvalue weighted by Crippen LogP contribution is 2.27. The Labute approximate surface area is 130 Å². The fourth-order valence-electron chi connectivity index (χ4n) is 2.76. The van der Waals surface area contributed by atoms with E-state index < -0.39 is 0 Å². The van der Waals surface area contributed by atoms with Gasteiger partial charge >= 0.3 is 0 Å². The predicted octanol–water partition coefficient (Wildman–Crippen LogP) is 2.82. The minimum atomic E-state index is 0.0295. The highest BCUT2D eigenvalue weighted by Gasteiger charge is 2.28. The van der Waals surface area contributed by atoms with Crippen LogP contribution >= 0.6 is 11.3 Å². The third kappa shape index (κ3) is 4.06. The van der Waals surface area contributed by atoms with Gasteiger partial charge in [-0.1, -0.05) is 19.9 Å². The number of hydrogen-bond acceptors (Lipinski definition) is 3. The summed E-state index contributed by atoms with van der Waals surface area (Å²) in [6.07, 6.45) is 1.53. The highest BCUT2D eigenvalue weighted by molar-refractivity contribution is 7.10. The molecule has 1 aromatic heterocycles. The van der Waals surface area contributed by atoms with Gasteiger partial charge in [-0.05, 0) is 30.2 Å². The zero-order valence-corrected chi connectivity index (χ0v) is 13.8. The van der Waals surface area contributed by atoms with Crippen molar-refractivity contribution in [3.8, 4) is 0 Å². The monoisotopic (exact) mass is 308 g/mol. The lowest BCUT2D eigenvalue weighted by Gasteiger charge is -2.32. The molecule has 0 saturated carbocycles. The number of amides is 2. The molecule has 1 aliphatic rings. The van der Waals surface area contributed by atoms with E-state index in [0.29, 0.717) is 19.0 Å². The van der Waals surface area contributed by atoms with Crippen LogP contribution in [0.5, 0.6) is 0 Å². The first-order chi connectivity index (χ1) is 9.99. The van der Waals surface area contributed by atoms with E-state index in [2.05, 4.69) is 25.2 Å². The Morgan fingerprint density at radius 2 is 2.00 bits per heavy atom. The summed E-state index contributed by atoms with van der Waals surface area (Å²) in [6.45, 7) is 7.23. The van der Waals surface area contributed by atoms with Gasteiger partial charge < -0.3 is 10.2 Å². The molecule has 4 nitrogen and oxygen atoms in total. The third-order valence-corrected chi connectivity index (χ3v) is 5.08. The number of hydrogen-bond donors (Lipinski definition) is 1. The first kappa shape index (κ1) is 16.0. The Morgan fingerprint density at radius 1 is 1.33 bits per heavy atom. The molecule has 5 heteroatoms. The van der Waals surface area contributed by atoms with E-state index in [1.807, 2.05) is 16.3 Å². The number of rotatable bonds is 4. The molecule has 1 fully saturated rings. The molecule has 0 bridgehead atoms. The van der Waals surface area contributed by atoms with Gasteiger partial charge in [0.2, 0.25) is 11.8 Å².